The highest BCUT2D eigenvalue weighted by Gasteiger charge is 2.51. The summed E-state index contributed by atoms with van der Waals surface area (Å²) in [6.45, 7) is 1.68. The van der Waals surface area contributed by atoms with Crippen LogP contribution in [0.2, 0.25) is 5.02 Å². The second-order valence-electron chi connectivity index (χ2n) is 8.79. The Morgan fingerprint density at radius 2 is 1.77 bits per heavy atom. The van der Waals surface area contributed by atoms with E-state index < -0.39 is 0 Å². The van der Waals surface area contributed by atoms with Gasteiger partial charge in [0.1, 0.15) is 0 Å². The van der Waals surface area contributed by atoms with Crippen LogP contribution >= 0.6 is 11.6 Å². The van der Waals surface area contributed by atoms with Crippen LogP contribution in [0.4, 0.5) is 5.69 Å². The molecule has 1 N–H and O–H groups in total. The van der Waals surface area contributed by atoms with Gasteiger partial charge in [-0.15, -0.1) is 0 Å². The standard InChI is InChI=1S/C21H26ClNO3/c1-13-2-3-18(17(22)4-13)23-19(24)12-26-20(25)11-21-8-14-5-15(9-21)7-16(6-14)10-21/h2-4,14-16H,5-12H2,1H3,(H,23,24). The molecule has 0 aromatic heterocycles. The zero-order chi connectivity index (χ0) is 18.3. The third-order valence-corrected chi connectivity index (χ3v) is 6.76. The fourth-order valence-corrected chi connectivity index (χ4v) is 6.20. The van der Waals surface area contributed by atoms with E-state index in [1.807, 2.05) is 13.0 Å². The molecule has 1 aromatic carbocycles. The summed E-state index contributed by atoms with van der Waals surface area (Å²) in [5.74, 6) is 1.83. The van der Waals surface area contributed by atoms with Crippen LogP contribution in [0.3, 0.4) is 0 Å². The second-order valence-corrected chi connectivity index (χ2v) is 9.19. The normalized spacial score (nSPS) is 31.7. The van der Waals surface area contributed by atoms with Gasteiger partial charge >= 0.3 is 5.97 Å². The number of hydrogen-bond acceptors (Lipinski definition) is 3. The molecular formula is C21H26ClNO3. The van der Waals surface area contributed by atoms with Crippen molar-refractivity contribution < 1.29 is 14.3 Å². The molecule has 1 amide bonds. The lowest BCUT2D eigenvalue weighted by Gasteiger charge is -2.56. The number of carbonyl (C=O) groups is 2. The zero-order valence-corrected chi connectivity index (χ0v) is 16.0. The van der Waals surface area contributed by atoms with Crippen LogP contribution in [0, 0.1) is 30.1 Å². The molecule has 0 unspecified atom stereocenters. The van der Waals surface area contributed by atoms with Crippen LogP contribution in [0.1, 0.15) is 50.5 Å². The number of amides is 1. The molecule has 4 fully saturated rings. The molecule has 0 atom stereocenters. The molecule has 26 heavy (non-hydrogen) atoms. The molecule has 4 bridgehead atoms. The highest BCUT2D eigenvalue weighted by atomic mass is 35.5. The molecule has 0 saturated heterocycles. The predicted octanol–water partition coefficient (Wildman–Crippen LogP) is 4.74. The van der Waals surface area contributed by atoms with Crippen LogP contribution in [0.15, 0.2) is 18.2 Å². The Morgan fingerprint density at radius 1 is 1.15 bits per heavy atom. The average molecular weight is 376 g/mol. The maximum atomic E-state index is 12.4. The summed E-state index contributed by atoms with van der Waals surface area (Å²) in [7, 11) is 0. The van der Waals surface area contributed by atoms with E-state index in [1.165, 1.54) is 38.5 Å². The Hall–Kier alpha value is -1.55. The molecule has 4 nitrogen and oxygen atoms in total. The third-order valence-electron chi connectivity index (χ3n) is 6.45. The summed E-state index contributed by atoms with van der Waals surface area (Å²) in [4.78, 5) is 24.4. The van der Waals surface area contributed by atoms with Gasteiger partial charge in [-0.1, -0.05) is 17.7 Å². The van der Waals surface area contributed by atoms with Gasteiger partial charge in [0, 0.05) is 0 Å². The second kappa shape index (κ2) is 6.88. The van der Waals surface area contributed by atoms with E-state index in [9.17, 15) is 9.59 Å². The average Bonchev–Trinajstić information content (AvgIpc) is 2.54. The molecule has 0 aliphatic heterocycles. The predicted molar refractivity (Wildman–Crippen MR) is 101 cm³/mol. The minimum Gasteiger partial charge on any atom is -0.456 e. The van der Waals surface area contributed by atoms with Crippen molar-refractivity contribution in [1.29, 1.82) is 0 Å². The molecular weight excluding hydrogens is 350 g/mol. The summed E-state index contributed by atoms with van der Waals surface area (Å²) in [5, 5.41) is 3.19. The number of ether oxygens (including phenoxy) is 1. The summed E-state index contributed by atoms with van der Waals surface area (Å²) in [5.41, 5.74) is 1.71. The highest BCUT2D eigenvalue weighted by Crippen LogP contribution is 2.61. The Bertz CT molecular complexity index is 695. The number of anilines is 1. The lowest BCUT2D eigenvalue weighted by Crippen LogP contribution is -2.47. The summed E-state index contributed by atoms with van der Waals surface area (Å²) in [6.07, 6.45) is 8.03. The number of aryl methyl sites for hydroxylation is 1. The van der Waals surface area contributed by atoms with Crippen molar-refractivity contribution in [2.75, 3.05) is 11.9 Å². The van der Waals surface area contributed by atoms with Crippen LogP contribution in [0.25, 0.3) is 0 Å². The first-order valence-electron chi connectivity index (χ1n) is 9.62. The number of nitrogens with one attached hydrogen (secondary N) is 1. The van der Waals surface area contributed by atoms with Crippen LogP contribution in [0.5, 0.6) is 0 Å². The molecule has 0 radical (unpaired) electrons. The molecule has 1 aromatic rings. The highest BCUT2D eigenvalue weighted by molar-refractivity contribution is 6.33. The van der Waals surface area contributed by atoms with Crippen LogP contribution in [-0.4, -0.2) is 18.5 Å². The number of rotatable bonds is 5. The largest absolute Gasteiger partial charge is 0.456 e. The number of esters is 1. The third kappa shape index (κ3) is 3.75. The molecule has 5 rings (SSSR count). The van der Waals surface area contributed by atoms with Gasteiger partial charge in [0.15, 0.2) is 6.61 Å². The Kier molecular flexibility index (Phi) is 4.72. The quantitative estimate of drug-likeness (QED) is 0.756. The van der Waals surface area contributed by atoms with Crippen molar-refractivity contribution in [1.82, 2.24) is 0 Å². The van der Waals surface area contributed by atoms with E-state index >= 15 is 0 Å². The van der Waals surface area contributed by atoms with E-state index in [0.29, 0.717) is 17.1 Å². The Balaban J connectivity index is 1.28. The van der Waals surface area contributed by atoms with Gasteiger partial charge in [0.25, 0.3) is 5.91 Å². The van der Waals surface area contributed by atoms with E-state index in [2.05, 4.69) is 5.32 Å². The smallest absolute Gasteiger partial charge is 0.306 e. The number of halogens is 1. The van der Waals surface area contributed by atoms with Gasteiger partial charge in [-0.25, -0.2) is 0 Å². The number of carbonyl (C=O) groups excluding carboxylic acids is 2. The Morgan fingerprint density at radius 3 is 2.35 bits per heavy atom. The fraction of sp³-hybridized carbons (Fsp3) is 0.619. The van der Waals surface area contributed by atoms with E-state index in [1.54, 1.807) is 12.1 Å². The molecule has 4 aliphatic rings. The summed E-state index contributed by atoms with van der Waals surface area (Å²) in [6, 6.07) is 5.42. The molecule has 4 saturated carbocycles. The SMILES string of the molecule is Cc1ccc(NC(=O)COC(=O)CC23CC4CC(CC(C4)C2)C3)c(Cl)c1. The van der Waals surface area contributed by atoms with Gasteiger partial charge in [-0.3, -0.25) is 9.59 Å². The molecule has 0 spiro atoms. The first-order chi connectivity index (χ1) is 12.4. The maximum absolute atomic E-state index is 12.4. The monoisotopic (exact) mass is 375 g/mol. The van der Waals surface area contributed by atoms with Crippen molar-refractivity contribution in [3.63, 3.8) is 0 Å². The molecule has 0 heterocycles. The number of benzene rings is 1. The van der Waals surface area contributed by atoms with Gasteiger partial charge < -0.3 is 10.1 Å². The number of hydrogen-bond donors (Lipinski definition) is 1. The van der Waals surface area contributed by atoms with Crippen molar-refractivity contribution in [3.05, 3.63) is 28.8 Å². The van der Waals surface area contributed by atoms with E-state index in [4.69, 9.17) is 16.3 Å². The topological polar surface area (TPSA) is 55.4 Å². The first kappa shape index (κ1) is 17.8. The van der Waals surface area contributed by atoms with Crippen molar-refractivity contribution in [2.24, 2.45) is 23.2 Å². The van der Waals surface area contributed by atoms with Crippen molar-refractivity contribution in [3.8, 4) is 0 Å². The van der Waals surface area contributed by atoms with Gasteiger partial charge in [-0.2, -0.15) is 0 Å². The van der Waals surface area contributed by atoms with Gasteiger partial charge in [0.05, 0.1) is 17.1 Å². The van der Waals surface area contributed by atoms with Gasteiger partial charge in [-0.05, 0) is 86.3 Å². The van der Waals surface area contributed by atoms with Crippen molar-refractivity contribution in [2.45, 2.75) is 51.9 Å². The maximum Gasteiger partial charge on any atom is 0.306 e. The van der Waals surface area contributed by atoms with Crippen molar-refractivity contribution >= 4 is 29.2 Å². The fourth-order valence-electron chi connectivity index (χ4n) is 5.92. The lowest BCUT2D eigenvalue weighted by atomic mass is 9.49. The van der Waals surface area contributed by atoms with Gasteiger partial charge in [0.2, 0.25) is 0 Å². The lowest BCUT2D eigenvalue weighted by molar-refractivity contribution is -0.154. The molecule has 140 valence electrons. The summed E-state index contributed by atoms with van der Waals surface area (Å²) >= 11 is 6.12. The molecule has 4 aliphatic carbocycles. The zero-order valence-electron chi connectivity index (χ0n) is 15.2. The first-order valence-corrected chi connectivity index (χ1v) is 10.0. The van der Waals surface area contributed by atoms with Crippen LogP contribution < -0.4 is 5.32 Å². The molecule has 5 heteroatoms. The summed E-state index contributed by atoms with van der Waals surface area (Å²) < 4.78 is 5.28. The minimum absolute atomic E-state index is 0.141. The minimum atomic E-state index is -0.352. The van der Waals surface area contributed by atoms with E-state index in [0.717, 1.165) is 23.3 Å². The Labute approximate surface area is 159 Å². The van der Waals surface area contributed by atoms with Crippen LogP contribution in [-0.2, 0) is 14.3 Å². The van der Waals surface area contributed by atoms with E-state index in [-0.39, 0.29) is 23.9 Å².